The van der Waals surface area contributed by atoms with Crippen molar-refractivity contribution in [1.82, 2.24) is 15.0 Å². The van der Waals surface area contributed by atoms with Crippen LogP contribution in [0.1, 0.15) is 33.3 Å². The fourth-order valence-corrected chi connectivity index (χ4v) is 1.81. The molecule has 0 spiro atoms. The van der Waals surface area contributed by atoms with Gasteiger partial charge < -0.3 is 15.2 Å². The van der Waals surface area contributed by atoms with Crippen molar-refractivity contribution in [2.75, 3.05) is 19.5 Å². The number of anilines is 1. The van der Waals surface area contributed by atoms with Gasteiger partial charge in [0, 0.05) is 0 Å². The Hall–Kier alpha value is -2.90. The molecule has 0 aliphatic rings. The second-order valence-corrected chi connectivity index (χ2v) is 4.39. The Morgan fingerprint density at radius 3 is 2.50 bits per heavy atom. The Labute approximate surface area is 126 Å². The number of aromatic nitrogens is 3. The second kappa shape index (κ2) is 6.70. The number of nitrogen functional groups attached to an aromatic ring is 1. The Morgan fingerprint density at radius 1 is 1.23 bits per heavy atom. The summed E-state index contributed by atoms with van der Waals surface area (Å²) in [4.78, 5) is 23.0. The monoisotopic (exact) mass is 304 g/mol. The number of carbonyl (C=O) groups excluding carboxylic acids is 2. The topological polar surface area (TPSA) is 109 Å². The van der Waals surface area contributed by atoms with E-state index in [4.69, 9.17) is 10.5 Å². The highest BCUT2D eigenvalue weighted by Gasteiger charge is 2.18. The summed E-state index contributed by atoms with van der Waals surface area (Å²) in [5.41, 5.74) is 7.10. The van der Waals surface area contributed by atoms with Gasteiger partial charge in [0.2, 0.25) is 5.69 Å². The van der Waals surface area contributed by atoms with Crippen LogP contribution in [0.2, 0.25) is 0 Å². The summed E-state index contributed by atoms with van der Waals surface area (Å²) in [6.07, 6.45) is 0. The zero-order valence-electron chi connectivity index (χ0n) is 12.3. The summed E-state index contributed by atoms with van der Waals surface area (Å²) in [5, 5.41) is 7.51. The van der Waals surface area contributed by atoms with E-state index in [2.05, 4.69) is 15.0 Å². The number of nitrogens with two attached hydrogens (primary N) is 1. The minimum atomic E-state index is -0.638. The maximum absolute atomic E-state index is 11.6. The average Bonchev–Trinajstić information content (AvgIpc) is 2.88. The van der Waals surface area contributed by atoms with Gasteiger partial charge in [0.15, 0.2) is 5.82 Å². The zero-order valence-corrected chi connectivity index (χ0v) is 12.3. The molecule has 0 saturated heterocycles. The maximum Gasteiger partial charge on any atom is 0.362 e. The molecule has 0 amide bonds. The van der Waals surface area contributed by atoms with Gasteiger partial charge in [-0.3, -0.25) is 0 Å². The molecule has 116 valence electrons. The number of ether oxygens (including phenoxy) is 2. The lowest BCUT2D eigenvalue weighted by Crippen LogP contribution is -2.10. The van der Waals surface area contributed by atoms with Crippen molar-refractivity contribution in [2.45, 2.75) is 13.5 Å². The van der Waals surface area contributed by atoms with Crippen LogP contribution in [0, 0.1) is 0 Å². The summed E-state index contributed by atoms with van der Waals surface area (Å²) < 4.78 is 10.8. The van der Waals surface area contributed by atoms with Gasteiger partial charge in [-0.25, -0.2) is 14.3 Å². The first-order chi connectivity index (χ1) is 10.6. The Morgan fingerprint density at radius 2 is 1.91 bits per heavy atom. The minimum absolute atomic E-state index is 0.0226. The summed E-state index contributed by atoms with van der Waals surface area (Å²) in [6, 6.07) is 6.82. The fourth-order valence-electron chi connectivity index (χ4n) is 1.81. The molecule has 0 aliphatic heterocycles. The molecule has 0 bridgehead atoms. The van der Waals surface area contributed by atoms with Crippen LogP contribution in [0.15, 0.2) is 24.3 Å². The SMILES string of the molecule is CCOC(=O)c1ccc(Cn2nnc(C(=O)OC)c2N)cc1. The molecular formula is C14H16N4O4. The molecule has 2 N–H and O–H groups in total. The number of esters is 2. The lowest BCUT2D eigenvalue weighted by Gasteiger charge is -2.05. The van der Waals surface area contributed by atoms with Crippen molar-refractivity contribution in [1.29, 1.82) is 0 Å². The molecule has 8 heteroatoms. The molecule has 0 saturated carbocycles. The van der Waals surface area contributed by atoms with Gasteiger partial charge in [-0.05, 0) is 24.6 Å². The lowest BCUT2D eigenvalue weighted by molar-refractivity contribution is 0.0525. The van der Waals surface area contributed by atoms with E-state index in [0.717, 1.165) is 5.56 Å². The highest BCUT2D eigenvalue weighted by molar-refractivity contribution is 5.91. The average molecular weight is 304 g/mol. The van der Waals surface area contributed by atoms with Crippen LogP contribution in [-0.2, 0) is 16.0 Å². The van der Waals surface area contributed by atoms with Crippen LogP contribution in [-0.4, -0.2) is 40.6 Å². The van der Waals surface area contributed by atoms with Crippen LogP contribution in [0.3, 0.4) is 0 Å². The van der Waals surface area contributed by atoms with E-state index in [1.807, 2.05) is 0 Å². The third kappa shape index (κ3) is 3.22. The van der Waals surface area contributed by atoms with E-state index in [1.165, 1.54) is 11.8 Å². The van der Waals surface area contributed by atoms with E-state index < -0.39 is 5.97 Å². The van der Waals surface area contributed by atoms with Crippen molar-refractivity contribution < 1.29 is 19.1 Å². The highest BCUT2D eigenvalue weighted by atomic mass is 16.5. The van der Waals surface area contributed by atoms with Crippen LogP contribution in [0.25, 0.3) is 0 Å². The van der Waals surface area contributed by atoms with Gasteiger partial charge in [0.05, 0.1) is 25.8 Å². The van der Waals surface area contributed by atoms with Crippen LogP contribution >= 0.6 is 0 Å². The predicted octanol–water partition coefficient (Wildman–Crippen LogP) is 0.872. The van der Waals surface area contributed by atoms with Gasteiger partial charge >= 0.3 is 11.9 Å². The van der Waals surface area contributed by atoms with Crippen LogP contribution < -0.4 is 5.73 Å². The number of benzene rings is 1. The molecular weight excluding hydrogens is 288 g/mol. The third-order valence-electron chi connectivity index (χ3n) is 2.95. The maximum atomic E-state index is 11.6. The number of nitrogens with zero attached hydrogens (tertiary/aromatic N) is 3. The smallest absolute Gasteiger partial charge is 0.362 e. The first kappa shape index (κ1) is 15.5. The molecule has 0 unspecified atom stereocenters. The summed E-state index contributed by atoms with van der Waals surface area (Å²) >= 11 is 0. The molecule has 22 heavy (non-hydrogen) atoms. The van der Waals surface area contributed by atoms with Crippen LogP contribution in [0.5, 0.6) is 0 Å². The summed E-state index contributed by atoms with van der Waals surface area (Å²) in [6.45, 7) is 2.39. The van der Waals surface area contributed by atoms with Crippen molar-refractivity contribution in [3.63, 3.8) is 0 Å². The predicted molar refractivity (Wildman–Crippen MR) is 77.3 cm³/mol. The van der Waals surface area contributed by atoms with Gasteiger partial charge in [-0.15, -0.1) is 5.10 Å². The van der Waals surface area contributed by atoms with Crippen LogP contribution in [0.4, 0.5) is 5.82 Å². The van der Waals surface area contributed by atoms with E-state index in [-0.39, 0.29) is 17.5 Å². The van der Waals surface area contributed by atoms with Gasteiger partial charge in [-0.2, -0.15) is 0 Å². The molecule has 2 aromatic rings. The summed E-state index contributed by atoms with van der Waals surface area (Å²) in [7, 11) is 1.24. The number of hydrogen-bond acceptors (Lipinski definition) is 7. The Bertz CT molecular complexity index is 679. The largest absolute Gasteiger partial charge is 0.464 e. The normalized spacial score (nSPS) is 10.3. The minimum Gasteiger partial charge on any atom is -0.464 e. The number of methoxy groups -OCH3 is 1. The second-order valence-electron chi connectivity index (χ2n) is 4.39. The van der Waals surface area contributed by atoms with Crippen molar-refractivity contribution >= 4 is 17.8 Å². The zero-order chi connectivity index (χ0) is 16.1. The molecule has 1 aromatic heterocycles. The molecule has 1 aromatic carbocycles. The van der Waals surface area contributed by atoms with Gasteiger partial charge in [-0.1, -0.05) is 17.3 Å². The molecule has 0 radical (unpaired) electrons. The fraction of sp³-hybridized carbons (Fsp3) is 0.286. The van der Waals surface area contributed by atoms with Gasteiger partial charge in [0.1, 0.15) is 0 Å². The van der Waals surface area contributed by atoms with Crippen molar-refractivity contribution in [2.24, 2.45) is 0 Å². The molecule has 2 rings (SSSR count). The Kier molecular flexibility index (Phi) is 4.72. The molecule has 0 fully saturated rings. The molecule has 1 heterocycles. The summed E-state index contributed by atoms with van der Waals surface area (Å²) in [5.74, 6) is -0.884. The molecule has 0 aliphatic carbocycles. The van der Waals surface area contributed by atoms with E-state index in [1.54, 1.807) is 31.2 Å². The standard InChI is InChI=1S/C14H16N4O4/c1-3-22-13(19)10-6-4-9(5-7-10)8-18-12(15)11(16-17-18)14(20)21-2/h4-7H,3,8,15H2,1-2H3. The number of hydrogen-bond donors (Lipinski definition) is 1. The molecule has 8 nitrogen and oxygen atoms in total. The van der Waals surface area contributed by atoms with E-state index >= 15 is 0 Å². The quantitative estimate of drug-likeness (QED) is 0.816. The van der Waals surface area contributed by atoms with Crippen molar-refractivity contribution in [3.8, 4) is 0 Å². The van der Waals surface area contributed by atoms with Crippen molar-refractivity contribution in [3.05, 3.63) is 41.1 Å². The first-order valence-corrected chi connectivity index (χ1v) is 6.60. The first-order valence-electron chi connectivity index (χ1n) is 6.60. The van der Waals surface area contributed by atoms with E-state index in [9.17, 15) is 9.59 Å². The number of rotatable bonds is 5. The van der Waals surface area contributed by atoms with Gasteiger partial charge in [0.25, 0.3) is 0 Å². The number of carbonyl (C=O) groups is 2. The Balaban J connectivity index is 2.13. The third-order valence-corrected chi connectivity index (χ3v) is 2.95. The van der Waals surface area contributed by atoms with E-state index in [0.29, 0.717) is 18.7 Å². The highest BCUT2D eigenvalue weighted by Crippen LogP contribution is 2.13. The molecule has 0 atom stereocenters. The lowest BCUT2D eigenvalue weighted by atomic mass is 10.1.